The van der Waals surface area contributed by atoms with Crippen molar-refractivity contribution in [2.45, 2.75) is 20.0 Å². The van der Waals surface area contributed by atoms with E-state index < -0.39 is 18.0 Å². The summed E-state index contributed by atoms with van der Waals surface area (Å²) in [6.45, 7) is 3.36. The molecule has 4 heterocycles. The largest absolute Gasteiger partial charge is 0.441 e. The van der Waals surface area contributed by atoms with Gasteiger partial charge in [0.1, 0.15) is 17.1 Å². The summed E-state index contributed by atoms with van der Waals surface area (Å²) in [5, 5.41) is 13.3. The Bertz CT molecular complexity index is 1410. The van der Waals surface area contributed by atoms with E-state index in [-0.39, 0.29) is 28.1 Å². The minimum Gasteiger partial charge on any atom is -0.441 e. The van der Waals surface area contributed by atoms with Gasteiger partial charge >= 0.3 is 6.09 Å². The van der Waals surface area contributed by atoms with Crippen LogP contribution in [0.1, 0.15) is 34.6 Å². The molecule has 1 atom stereocenters. The number of rotatable bonds is 6. The number of amides is 2. The highest BCUT2D eigenvalue weighted by Crippen LogP contribution is 2.27. The molecular formula is C23H20ClFN8O3. The lowest BCUT2D eigenvalue weighted by molar-refractivity contribution is 0.102. The van der Waals surface area contributed by atoms with Crippen molar-refractivity contribution in [3.8, 4) is 11.4 Å². The Balaban J connectivity index is 1.45. The number of halogens is 2. The molecule has 2 amide bonds. The first-order chi connectivity index (χ1) is 17.2. The predicted molar refractivity (Wildman–Crippen MR) is 129 cm³/mol. The van der Waals surface area contributed by atoms with Crippen LogP contribution in [0.4, 0.5) is 20.7 Å². The average molecular weight is 511 g/mol. The number of carbonyl (C=O) groups is 2. The van der Waals surface area contributed by atoms with E-state index in [4.69, 9.17) is 16.3 Å². The number of carbonyl (C=O) groups excluding carboxylic acids is 2. The van der Waals surface area contributed by atoms with Crippen LogP contribution in [-0.2, 0) is 11.8 Å². The quantitative estimate of drug-likeness (QED) is 0.366. The molecule has 0 aliphatic carbocycles. The molecule has 0 unspecified atom stereocenters. The number of aryl methyl sites for hydroxylation is 2. The average Bonchev–Trinajstić information content (AvgIpc) is 3.21. The number of hydrogen-bond donors (Lipinski definition) is 2. The number of nitrogens with zero attached hydrogens (tertiary/aromatic N) is 6. The van der Waals surface area contributed by atoms with Crippen LogP contribution >= 0.6 is 11.6 Å². The maximum Gasteiger partial charge on any atom is 0.413 e. The lowest BCUT2D eigenvalue weighted by Crippen LogP contribution is -2.19. The van der Waals surface area contributed by atoms with E-state index in [9.17, 15) is 14.0 Å². The van der Waals surface area contributed by atoms with E-state index in [1.807, 2.05) is 6.92 Å². The second-order valence-corrected chi connectivity index (χ2v) is 8.05. The van der Waals surface area contributed by atoms with Gasteiger partial charge in [-0.1, -0.05) is 16.8 Å². The Kier molecular flexibility index (Phi) is 7.15. The standard InChI is InChI=1S/C23H20ClFN8O3/c1-12-4-5-14(9-26-12)22(34)29-16-6-7-18(27-11-16)19-21(33(3)32-31-19)30-23(35)36-13(2)17-8-15(25)10-28-20(17)24/h4-11,13H,1-3H3,(H,29,34)(H,30,35)/t13-/m1/s1. The van der Waals surface area contributed by atoms with Crippen molar-refractivity contribution in [2.24, 2.45) is 7.05 Å². The second-order valence-electron chi connectivity index (χ2n) is 7.69. The maximum atomic E-state index is 13.5. The summed E-state index contributed by atoms with van der Waals surface area (Å²) in [6, 6.07) is 7.82. The van der Waals surface area contributed by atoms with Gasteiger partial charge in [0.15, 0.2) is 11.5 Å². The van der Waals surface area contributed by atoms with Gasteiger partial charge in [-0.3, -0.25) is 20.1 Å². The summed E-state index contributed by atoms with van der Waals surface area (Å²) in [7, 11) is 1.58. The molecule has 0 radical (unpaired) electrons. The van der Waals surface area contributed by atoms with Crippen molar-refractivity contribution in [3.05, 3.63) is 76.7 Å². The van der Waals surface area contributed by atoms with Crippen LogP contribution in [0.15, 0.2) is 48.9 Å². The molecule has 11 nitrogen and oxygen atoms in total. The van der Waals surface area contributed by atoms with Gasteiger partial charge in [0, 0.05) is 24.5 Å². The number of nitrogens with one attached hydrogen (secondary N) is 2. The zero-order chi connectivity index (χ0) is 25.8. The van der Waals surface area contributed by atoms with Crippen molar-refractivity contribution in [3.63, 3.8) is 0 Å². The highest BCUT2D eigenvalue weighted by Gasteiger charge is 2.21. The van der Waals surface area contributed by atoms with E-state index in [1.54, 1.807) is 31.3 Å². The number of anilines is 2. The Morgan fingerprint density at radius 1 is 1.08 bits per heavy atom. The lowest BCUT2D eigenvalue weighted by Gasteiger charge is -2.15. The lowest BCUT2D eigenvalue weighted by atomic mass is 10.2. The van der Waals surface area contributed by atoms with Gasteiger partial charge in [-0.05, 0) is 44.2 Å². The van der Waals surface area contributed by atoms with E-state index in [2.05, 4.69) is 35.9 Å². The Labute approximate surface area is 209 Å². The van der Waals surface area contributed by atoms with Crippen LogP contribution in [0, 0.1) is 12.7 Å². The van der Waals surface area contributed by atoms with Gasteiger partial charge in [-0.25, -0.2) is 18.9 Å². The molecule has 184 valence electrons. The fourth-order valence-corrected chi connectivity index (χ4v) is 3.41. The predicted octanol–water partition coefficient (Wildman–Crippen LogP) is 4.33. The second kappa shape index (κ2) is 10.4. The fourth-order valence-electron chi connectivity index (χ4n) is 3.16. The Hall–Kier alpha value is -4.45. The molecule has 4 rings (SSSR count). The smallest absolute Gasteiger partial charge is 0.413 e. The van der Waals surface area contributed by atoms with Gasteiger partial charge in [-0.2, -0.15) is 0 Å². The van der Waals surface area contributed by atoms with Crippen LogP contribution in [0.5, 0.6) is 0 Å². The summed E-state index contributed by atoms with van der Waals surface area (Å²) in [6.07, 6.45) is 2.19. The van der Waals surface area contributed by atoms with Crippen molar-refractivity contribution < 1.29 is 18.7 Å². The van der Waals surface area contributed by atoms with E-state index in [0.29, 0.717) is 16.9 Å². The maximum absolute atomic E-state index is 13.5. The summed E-state index contributed by atoms with van der Waals surface area (Å²) >= 11 is 5.98. The summed E-state index contributed by atoms with van der Waals surface area (Å²) in [5.74, 6) is -0.723. The Morgan fingerprint density at radius 3 is 2.58 bits per heavy atom. The van der Waals surface area contributed by atoms with Crippen LogP contribution in [-0.4, -0.2) is 41.9 Å². The minimum absolute atomic E-state index is 0.0228. The van der Waals surface area contributed by atoms with Gasteiger partial charge < -0.3 is 10.1 Å². The first kappa shape index (κ1) is 24.7. The summed E-state index contributed by atoms with van der Waals surface area (Å²) in [5.41, 5.74) is 2.55. The van der Waals surface area contributed by atoms with Crippen molar-refractivity contribution in [1.29, 1.82) is 0 Å². The van der Waals surface area contributed by atoms with Crippen LogP contribution in [0.3, 0.4) is 0 Å². The number of hydrogen-bond acceptors (Lipinski definition) is 8. The Morgan fingerprint density at radius 2 is 1.89 bits per heavy atom. The molecule has 0 aliphatic heterocycles. The van der Waals surface area contributed by atoms with Crippen LogP contribution in [0.25, 0.3) is 11.4 Å². The number of pyridine rings is 3. The molecule has 0 aromatic carbocycles. The number of ether oxygens (including phenoxy) is 1. The van der Waals surface area contributed by atoms with Crippen molar-refractivity contribution in [1.82, 2.24) is 29.9 Å². The van der Waals surface area contributed by atoms with Gasteiger partial charge in [0.05, 0.1) is 29.3 Å². The molecular weight excluding hydrogens is 491 g/mol. The molecule has 36 heavy (non-hydrogen) atoms. The molecule has 13 heteroatoms. The SMILES string of the molecule is Cc1ccc(C(=O)Nc2ccc(-c3nnn(C)c3NC(=O)O[C@H](C)c3cc(F)cnc3Cl)nc2)cn1. The highest BCUT2D eigenvalue weighted by molar-refractivity contribution is 6.30. The molecule has 4 aromatic heterocycles. The molecule has 0 saturated heterocycles. The fraction of sp³-hybridized carbons (Fsp3) is 0.174. The third-order valence-electron chi connectivity index (χ3n) is 5.04. The third-order valence-corrected chi connectivity index (χ3v) is 5.36. The number of aromatic nitrogens is 6. The van der Waals surface area contributed by atoms with Crippen LogP contribution < -0.4 is 10.6 Å². The minimum atomic E-state index is -0.880. The van der Waals surface area contributed by atoms with E-state index in [1.165, 1.54) is 24.0 Å². The van der Waals surface area contributed by atoms with E-state index in [0.717, 1.165) is 18.0 Å². The van der Waals surface area contributed by atoms with E-state index >= 15 is 0 Å². The topological polar surface area (TPSA) is 137 Å². The van der Waals surface area contributed by atoms with Crippen molar-refractivity contribution in [2.75, 3.05) is 10.6 Å². The van der Waals surface area contributed by atoms with Crippen molar-refractivity contribution >= 4 is 35.1 Å². The zero-order valence-electron chi connectivity index (χ0n) is 19.4. The van der Waals surface area contributed by atoms with Gasteiger partial charge in [0.25, 0.3) is 5.91 Å². The van der Waals surface area contributed by atoms with Gasteiger partial charge in [0.2, 0.25) is 0 Å². The molecule has 4 aromatic rings. The third kappa shape index (κ3) is 5.61. The first-order valence-electron chi connectivity index (χ1n) is 10.6. The van der Waals surface area contributed by atoms with Crippen LogP contribution in [0.2, 0.25) is 5.15 Å². The summed E-state index contributed by atoms with van der Waals surface area (Å²) in [4.78, 5) is 37.1. The molecule has 0 spiro atoms. The monoisotopic (exact) mass is 510 g/mol. The molecule has 0 bridgehead atoms. The highest BCUT2D eigenvalue weighted by atomic mass is 35.5. The molecule has 0 aliphatic rings. The van der Waals surface area contributed by atoms with Gasteiger partial charge in [-0.15, -0.1) is 5.10 Å². The normalized spacial score (nSPS) is 11.6. The first-order valence-corrected chi connectivity index (χ1v) is 11.0. The molecule has 0 fully saturated rings. The summed E-state index contributed by atoms with van der Waals surface area (Å²) < 4.78 is 20.2. The zero-order valence-corrected chi connectivity index (χ0v) is 20.1. The molecule has 0 saturated carbocycles. The molecule has 2 N–H and O–H groups in total.